The van der Waals surface area contributed by atoms with E-state index in [0.717, 1.165) is 72.4 Å². The molecule has 1 aliphatic heterocycles. The van der Waals surface area contributed by atoms with Gasteiger partial charge >= 0.3 is 0 Å². The fraction of sp³-hybridized carbons (Fsp3) is 0.520. The number of ether oxygens (including phenoxy) is 1. The molecule has 2 aliphatic carbocycles. The van der Waals surface area contributed by atoms with Crippen LogP contribution in [0, 0.1) is 90.3 Å². The molecule has 0 bridgehead atoms. The van der Waals surface area contributed by atoms with E-state index in [1.54, 1.807) is 14.1 Å². The van der Waals surface area contributed by atoms with Crippen molar-refractivity contribution in [2.45, 2.75) is 82.1 Å². The van der Waals surface area contributed by atoms with Crippen LogP contribution in [0.5, 0.6) is 0 Å². The summed E-state index contributed by atoms with van der Waals surface area (Å²) in [6.45, 7) is 26.0. The first-order valence-corrected chi connectivity index (χ1v) is 20.9. The van der Waals surface area contributed by atoms with Gasteiger partial charge in [-0.3, -0.25) is 0 Å². The quantitative estimate of drug-likeness (QED) is 0.187. The first-order chi connectivity index (χ1) is 25.4. The van der Waals surface area contributed by atoms with Crippen molar-refractivity contribution < 1.29 is 35.9 Å². The summed E-state index contributed by atoms with van der Waals surface area (Å²) in [7, 11) is 3.50. The summed E-state index contributed by atoms with van der Waals surface area (Å²) in [5, 5.41) is 3.50. The molecule has 3 aliphatic rings. The maximum atomic E-state index is 4.94. The second-order valence-electron chi connectivity index (χ2n) is 16.9. The Bertz CT molecular complexity index is 1220. The smallest absolute Gasteiger partial charge is 0.108 e. The Kier molecular flexibility index (Phi) is 21.8. The van der Waals surface area contributed by atoms with Gasteiger partial charge in [-0.2, -0.15) is 35.9 Å². The molecule has 4 aromatic carbocycles. The first-order valence-electron chi connectivity index (χ1n) is 20.9. The molecule has 1 heterocycles. The summed E-state index contributed by atoms with van der Waals surface area (Å²) in [4.78, 5) is 0. The van der Waals surface area contributed by atoms with Crippen molar-refractivity contribution in [1.29, 1.82) is 0 Å². The van der Waals surface area contributed by atoms with Crippen molar-refractivity contribution in [3.05, 3.63) is 127 Å². The van der Waals surface area contributed by atoms with Crippen LogP contribution in [0.15, 0.2) is 121 Å². The van der Waals surface area contributed by atoms with E-state index in [2.05, 4.69) is 196 Å². The zero-order valence-corrected chi connectivity index (χ0v) is 40.2. The first kappa shape index (κ1) is 48.1. The Balaban J connectivity index is 0.000000286. The maximum Gasteiger partial charge on any atom is 0.108 e. The molecule has 294 valence electrons. The summed E-state index contributed by atoms with van der Waals surface area (Å²) < 4.78 is 4.94. The minimum Gasteiger partial charge on any atom is -0.668 e. The predicted octanol–water partition coefficient (Wildman–Crippen LogP) is 10.8. The van der Waals surface area contributed by atoms with Crippen molar-refractivity contribution in [3.63, 3.8) is 0 Å². The molecule has 0 amide bonds. The number of rotatable bonds is 4. The molecule has 4 aromatic rings. The molecule has 54 heavy (non-hydrogen) atoms. The van der Waals surface area contributed by atoms with Crippen molar-refractivity contribution in [2.24, 2.45) is 59.2 Å². The van der Waals surface area contributed by atoms with Crippen molar-refractivity contribution in [2.75, 3.05) is 27.3 Å². The standard InChI is InChI=1S/C24H20B.2C10H20.C4H8O.C2H6N.U/c1-5-13-21(14-6-1)25(22-15-7-2-8-16-22,23-17-9-3-10-18-23)24-19-11-4-12-20-24;2*1-6-7(2)9(4)10(5)8(6)3;1-2-4-5-3-1;1-3-2;/h1-20H;2*6-10H,1-5H3;1-4H2;1-2H3;/q-1;;;;-1;. The Morgan fingerprint density at radius 1 is 0.370 bits per heavy atom. The van der Waals surface area contributed by atoms with E-state index in [0.29, 0.717) is 0 Å². The van der Waals surface area contributed by atoms with E-state index >= 15 is 0 Å². The van der Waals surface area contributed by atoms with E-state index < -0.39 is 6.15 Å². The molecule has 7 rings (SSSR count). The Hall–Kier alpha value is -2.08. The summed E-state index contributed by atoms with van der Waals surface area (Å²) in [5.74, 6) is 9.35. The van der Waals surface area contributed by atoms with Crippen molar-refractivity contribution >= 4 is 28.0 Å². The molecular weight excluding hydrogens is 879 g/mol. The number of benzene rings is 4. The third-order valence-electron chi connectivity index (χ3n) is 14.3. The van der Waals surface area contributed by atoms with Gasteiger partial charge in [0, 0.05) is 44.3 Å². The van der Waals surface area contributed by atoms with Crippen LogP contribution in [0.4, 0.5) is 0 Å². The van der Waals surface area contributed by atoms with Crippen LogP contribution < -0.4 is 21.9 Å². The zero-order valence-electron chi connectivity index (χ0n) is 36.1. The summed E-state index contributed by atoms with van der Waals surface area (Å²) in [5.41, 5.74) is 5.36. The predicted molar refractivity (Wildman–Crippen MR) is 237 cm³/mol. The van der Waals surface area contributed by atoms with Gasteiger partial charge < -0.3 is 10.1 Å². The second kappa shape index (κ2) is 24.5. The Labute approximate surface area is 356 Å². The zero-order chi connectivity index (χ0) is 39.0. The topological polar surface area (TPSA) is 23.3 Å². The van der Waals surface area contributed by atoms with E-state index in [-0.39, 0.29) is 31.1 Å². The van der Waals surface area contributed by atoms with E-state index in [1.165, 1.54) is 34.7 Å². The average Bonchev–Trinajstić information content (AvgIpc) is 3.89. The number of hydrogen-bond acceptors (Lipinski definition) is 1. The molecule has 0 N–H and O–H groups in total. The summed E-state index contributed by atoms with van der Waals surface area (Å²) in [6, 6.07) is 43.5. The van der Waals surface area contributed by atoms with Gasteiger partial charge in [-0.1, -0.05) is 191 Å². The third kappa shape index (κ3) is 12.2. The van der Waals surface area contributed by atoms with E-state index in [4.69, 9.17) is 4.74 Å². The second-order valence-corrected chi connectivity index (χ2v) is 16.9. The third-order valence-corrected chi connectivity index (χ3v) is 14.3. The summed E-state index contributed by atoms with van der Waals surface area (Å²) >= 11 is 0. The molecule has 0 atom stereocenters. The van der Waals surface area contributed by atoms with Crippen molar-refractivity contribution in [1.82, 2.24) is 0 Å². The molecule has 0 radical (unpaired) electrons. The van der Waals surface area contributed by atoms with E-state index in [9.17, 15) is 0 Å². The molecule has 0 aromatic heterocycles. The molecule has 2 saturated carbocycles. The van der Waals surface area contributed by atoms with Gasteiger partial charge in [-0.25, -0.2) is 0 Å². The molecule has 1 saturated heterocycles. The molecular formula is C50H74BNOU-2. The minimum absolute atomic E-state index is 0. The van der Waals surface area contributed by atoms with Gasteiger partial charge in [0.15, 0.2) is 0 Å². The molecule has 0 spiro atoms. The van der Waals surface area contributed by atoms with E-state index in [1.807, 2.05) is 0 Å². The SMILES string of the molecule is C1CCOC1.CC1C(C)C(C)C(C)C1C.CC1C(C)C(C)C(C)C1C.C[N-]C.[U].c1ccc([B-](c2ccccc2)(c2ccccc2)c2ccccc2)cc1. The fourth-order valence-corrected chi connectivity index (χ4v) is 9.42. The van der Waals surface area contributed by atoms with Crippen LogP contribution in [0.1, 0.15) is 82.1 Å². The number of nitrogens with zero attached hydrogens (tertiary/aromatic N) is 1. The van der Waals surface area contributed by atoms with Crippen LogP contribution in [0.3, 0.4) is 0 Å². The fourth-order valence-electron chi connectivity index (χ4n) is 9.42. The largest absolute Gasteiger partial charge is 0.668 e. The van der Waals surface area contributed by atoms with Crippen LogP contribution in [0.25, 0.3) is 5.32 Å². The van der Waals surface area contributed by atoms with Gasteiger partial charge in [0.25, 0.3) is 0 Å². The average molecular weight is 954 g/mol. The van der Waals surface area contributed by atoms with Gasteiger partial charge in [-0.05, 0) is 72.0 Å². The van der Waals surface area contributed by atoms with Gasteiger partial charge in [0.2, 0.25) is 0 Å². The van der Waals surface area contributed by atoms with Gasteiger partial charge in [-0.15, -0.1) is 0 Å². The Morgan fingerprint density at radius 3 is 0.667 bits per heavy atom. The molecule has 4 heteroatoms. The summed E-state index contributed by atoms with van der Waals surface area (Å²) in [6.07, 6.45) is 1.34. The normalized spacial score (nSPS) is 28.3. The van der Waals surface area contributed by atoms with Gasteiger partial charge in [0.1, 0.15) is 6.15 Å². The maximum absolute atomic E-state index is 4.94. The minimum atomic E-state index is -1.22. The van der Waals surface area contributed by atoms with Crippen LogP contribution in [0.2, 0.25) is 0 Å². The molecule has 2 nitrogen and oxygen atoms in total. The van der Waals surface area contributed by atoms with Crippen LogP contribution >= 0.6 is 0 Å². The molecule has 3 fully saturated rings. The van der Waals surface area contributed by atoms with Gasteiger partial charge in [0.05, 0.1) is 0 Å². The van der Waals surface area contributed by atoms with Crippen LogP contribution in [-0.2, 0) is 4.74 Å². The van der Waals surface area contributed by atoms with Crippen molar-refractivity contribution in [3.8, 4) is 0 Å². The monoisotopic (exact) mass is 954 g/mol. The number of hydrogen-bond donors (Lipinski definition) is 0. The van der Waals surface area contributed by atoms with Crippen LogP contribution in [-0.4, -0.2) is 33.5 Å². The molecule has 0 unspecified atom stereocenters. The Morgan fingerprint density at radius 2 is 0.537 bits per heavy atom.